The maximum Gasteiger partial charge on any atom is 0.242 e. The van der Waals surface area contributed by atoms with Crippen LogP contribution in [0.15, 0.2) is 59.1 Å². The average molecular weight is 518 g/mol. The first-order chi connectivity index (χ1) is 15.5. The van der Waals surface area contributed by atoms with Crippen LogP contribution in [0.5, 0.6) is 0 Å². The van der Waals surface area contributed by atoms with E-state index < -0.39 is 6.04 Å². The van der Waals surface area contributed by atoms with Crippen LogP contribution in [-0.4, -0.2) is 34.6 Å². The van der Waals surface area contributed by atoms with E-state index in [1.54, 1.807) is 16.7 Å². The highest BCUT2D eigenvalue weighted by Crippen LogP contribution is 2.20. The maximum atomic E-state index is 13.2. The van der Waals surface area contributed by atoms with Crippen molar-refractivity contribution >= 4 is 39.5 Å². The van der Waals surface area contributed by atoms with Gasteiger partial charge >= 0.3 is 0 Å². The smallest absolute Gasteiger partial charge is 0.242 e. The number of nitrogens with zero attached hydrogens (tertiary/aromatic N) is 1. The van der Waals surface area contributed by atoms with Gasteiger partial charge in [0, 0.05) is 35.0 Å². The highest BCUT2D eigenvalue weighted by atomic mass is 79.9. The highest BCUT2D eigenvalue weighted by molar-refractivity contribution is 9.10. The van der Waals surface area contributed by atoms with Crippen LogP contribution in [0, 0.1) is 0 Å². The second kappa shape index (κ2) is 13.0. The number of carbonyl (C=O) groups excluding carboxylic acids is 2. The number of thioether (sulfide) groups is 1. The molecule has 0 bridgehead atoms. The SMILES string of the molecule is C[C@@H](C(=O)NC1CCCCC1)N(Cc1cccc(Br)c1)C(=O)CCSCc1ccccc1. The van der Waals surface area contributed by atoms with E-state index in [1.807, 2.05) is 49.4 Å². The molecule has 0 heterocycles. The van der Waals surface area contributed by atoms with Crippen molar-refractivity contribution in [1.82, 2.24) is 10.2 Å². The zero-order chi connectivity index (χ0) is 22.8. The molecule has 2 aromatic carbocycles. The summed E-state index contributed by atoms with van der Waals surface area (Å²) in [4.78, 5) is 28.0. The molecule has 1 aliphatic rings. The van der Waals surface area contributed by atoms with Crippen LogP contribution >= 0.6 is 27.7 Å². The molecule has 4 nitrogen and oxygen atoms in total. The second-order valence-corrected chi connectivity index (χ2v) is 10.5. The lowest BCUT2D eigenvalue weighted by molar-refractivity contribution is -0.140. The molecule has 1 N–H and O–H groups in total. The minimum Gasteiger partial charge on any atom is -0.352 e. The zero-order valence-electron chi connectivity index (χ0n) is 18.8. The molecule has 0 unspecified atom stereocenters. The number of amides is 2. The highest BCUT2D eigenvalue weighted by Gasteiger charge is 2.27. The summed E-state index contributed by atoms with van der Waals surface area (Å²) in [6.45, 7) is 2.28. The molecule has 3 rings (SSSR count). The van der Waals surface area contributed by atoms with Gasteiger partial charge in [0.25, 0.3) is 0 Å². The molecule has 6 heteroatoms. The summed E-state index contributed by atoms with van der Waals surface area (Å²) in [6.07, 6.45) is 6.07. The zero-order valence-corrected chi connectivity index (χ0v) is 21.2. The molecule has 0 spiro atoms. The monoisotopic (exact) mass is 516 g/mol. The first-order valence-electron chi connectivity index (χ1n) is 11.5. The van der Waals surface area contributed by atoms with Crippen LogP contribution in [0.3, 0.4) is 0 Å². The van der Waals surface area contributed by atoms with Gasteiger partial charge in [0.2, 0.25) is 11.8 Å². The molecule has 2 amide bonds. The van der Waals surface area contributed by atoms with Gasteiger partial charge in [-0.25, -0.2) is 0 Å². The van der Waals surface area contributed by atoms with E-state index in [0.29, 0.717) is 13.0 Å². The summed E-state index contributed by atoms with van der Waals surface area (Å²) >= 11 is 5.26. The Bertz CT molecular complexity index is 871. The van der Waals surface area contributed by atoms with Crippen molar-refractivity contribution < 1.29 is 9.59 Å². The van der Waals surface area contributed by atoms with Crippen molar-refractivity contribution in [2.24, 2.45) is 0 Å². The van der Waals surface area contributed by atoms with Gasteiger partial charge in [-0.1, -0.05) is 77.7 Å². The van der Waals surface area contributed by atoms with E-state index in [0.717, 1.165) is 34.4 Å². The molecule has 1 atom stereocenters. The molecule has 0 aliphatic heterocycles. The van der Waals surface area contributed by atoms with Crippen molar-refractivity contribution in [2.45, 2.75) is 69.8 Å². The van der Waals surface area contributed by atoms with Crippen molar-refractivity contribution in [3.63, 3.8) is 0 Å². The number of carbonyl (C=O) groups is 2. The largest absolute Gasteiger partial charge is 0.352 e. The Kier molecular flexibility index (Phi) is 10.1. The fourth-order valence-electron chi connectivity index (χ4n) is 4.05. The number of halogens is 1. The van der Waals surface area contributed by atoms with Gasteiger partial charge < -0.3 is 10.2 Å². The molecule has 1 fully saturated rings. The number of benzene rings is 2. The van der Waals surface area contributed by atoms with Crippen LogP contribution in [0.4, 0.5) is 0 Å². The van der Waals surface area contributed by atoms with E-state index in [9.17, 15) is 9.59 Å². The van der Waals surface area contributed by atoms with Crippen LogP contribution in [0.25, 0.3) is 0 Å². The maximum absolute atomic E-state index is 13.2. The van der Waals surface area contributed by atoms with E-state index in [-0.39, 0.29) is 17.9 Å². The van der Waals surface area contributed by atoms with Crippen LogP contribution < -0.4 is 5.32 Å². The third-order valence-corrected chi connectivity index (χ3v) is 7.46. The first kappa shape index (κ1) is 24.8. The second-order valence-electron chi connectivity index (χ2n) is 8.46. The van der Waals surface area contributed by atoms with Crippen molar-refractivity contribution in [2.75, 3.05) is 5.75 Å². The van der Waals surface area contributed by atoms with E-state index in [1.165, 1.54) is 24.8 Å². The Labute approximate surface area is 204 Å². The Morgan fingerprint density at radius 2 is 1.78 bits per heavy atom. The normalized spacial score (nSPS) is 15.2. The Morgan fingerprint density at radius 3 is 2.50 bits per heavy atom. The molecule has 2 aromatic rings. The first-order valence-corrected chi connectivity index (χ1v) is 13.4. The lowest BCUT2D eigenvalue weighted by Gasteiger charge is -2.31. The summed E-state index contributed by atoms with van der Waals surface area (Å²) in [7, 11) is 0. The molecule has 0 saturated heterocycles. The molecule has 1 saturated carbocycles. The quantitative estimate of drug-likeness (QED) is 0.397. The van der Waals surface area contributed by atoms with Gasteiger partial charge in [-0.3, -0.25) is 9.59 Å². The summed E-state index contributed by atoms with van der Waals surface area (Å²) < 4.78 is 0.972. The number of hydrogen-bond acceptors (Lipinski definition) is 3. The molecular weight excluding hydrogens is 484 g/mol. The minimum atomic E-state index is -0.498. The number of hydrogen-bond donors (Lipinski definition) is 1. The molecular formula is C26H33BrN2O2S. The Hall–Kier alpha value is -1.79. The topological polar surface area (TPSA) is 49.4 Å². The molecule has 32 heavy (non-hydrogen) atoms. The van der Waals surface area contributed by atoms with Gasteiger partial charge in [-0.15, -0.1) is 0 Å². The molecule has 172 valence electrons. The van der Waals surface area contributed by atoms with Crippen LogP contribution in [0.1, 0.15) is 56.6 Å². The van der Waals surface area contributed by atoms with E-state index >= 15 is 0 Å². The fourth-order valence-corrected chi connectivity index (χ4v) is 5.39. The summed E-state index contributed by atoms with van der Waals surface area (Å²) in [6, 6.07) is 18.0. The van der Waals surface area contributed by atoms with Gasteiger partial charge in [0.05, 0.1) is 0 Å². The third-order valence-electron chi connectivity index (χ3n) is 5.93. The lowest BCUT2D eigenvalue weighted by atomic mass is 9.95. The van der Waals surface area contributed by atoms with Gasteiger partial charge in [0.15, 0.2) is 0 Å². The predicted octanol–water partition coefficient (Wildman–Crippen LogP) is 5.94. The van der Waals surface area contributed by atoms with Crippen molar-refractivity contribution in [3.8, 4) is 0 Å². The Morgan fingerprint density at radius 1 is 1.06 bits per heavy atom. The summed E-state index contributed by atoms with van der Waals surface area (Å²) in [5.41, 5.74) is 2.28. The van der Waals surface area contributed by atoms with Crippen LogP contribution in [-0.2, 0) is 21.9 Å². The summed E-state index contributed by atoms with van der Waals surface area (Å²) in [5, 5.41) is 3.19. The lowest BCUT2D eigenvalue weighted by Crippen LogP contribution is -2.50. The van der Waals surface area contributed by atoms with E-state index in [2.05, 4.69) is 33.4 Å². The van der Waals surface area contributed by atoms with Gasteiger partial charge in [-0.05, 0) is 43.0 Å². The van der Waals surface area contributed by atoms with Crippen LogP contribution in [0.2, 0.25) is 0 Å². The minimum absolute atomic E-state index is 0.0248. The third kappa shape index (κ3) is 7.96. The molecule has 1 aliphatic carbocycles. The average Bonchev–Trinajstić information content (AvgIpc) is 2.81. The standard InChI is InChI=1S/C26H33BrN2O2S/c1-20(26(31)28-24-13-6-3-7-14-24)29(18-22-11-8-12-23(27)17-22)25(30)15-16-32-19-21-9-4-2-5-10-21/h2,4-5,8-12,17,20,24H,3,6-7,13-16,18-19H2,1H3,(H,28,31)/t20-/m0/s1. The fraction of sp³-hybridized carbons (Fsp3) is 0.462. The molecule has 0 radical (unpaired) electrons. The Balaban J connectivity index is 1.60. The predicted molar refractivity (Wildman–Crippen MR) is 136 cm³/mol. The van der Waals surface area contributed by atoms with Crippen molar-refractivity contribution in [3.05, 3.63) is 70.2 Å². The van der Waals surface area contributed by atoms with Gasteiger partial charge in [0.1, 0.15) is 6.04 Å². The number of nitrogens with one attached hydrogen (secondary N) is 1. The molecule has 0 aromatic heterocycles. The van der Waals surface area contributed by atoms with E-state index in [4.69, 9.17) is 0 Å². The van der Waals surface area contributed by atoms with Gasteiger partial charge in [-0.2, -0.15) is 11.8 Å². The summed E-state index contributed by atoms with van der Waals surface area (Å²) in [5.74, 6) is 1.60. The number of rotatable bonds is 10. The van der Waals surface area contributed by atoms with Crippen molar-refractivity contribution in [1.29, 1.82) is 0 Å².